The molecule has 0 spiro atoms. The van der Waals surface area contributed by atoms with Gasteiger partial charge in [-0.2, -0.15) is 0 Å². The van der Waals surface area contributed by atoms with Gasteiger partial charge >= 0.3 is 11.9 Å². The third kappa shape index (κ3) is 2.83. The standard InChI is InChI=1S/C23H21NO5/c1-28-21(26)17-13-18(25)24(14-15-9-5-3-6-10-15)20-19(17)23(20,22(27)29-2)16-11-7-4-8-12-16/h3-13,19-20H,14H2,1-2H3. The van der Waals surface area contributed by atoms with Crippen LogP contribution in [0.25, 0.3) is 0 Å². The van der Waals surface area contributed by atoms with Crippen molar-refractivity contribution < 1.29 is 23.9 Å². The molecule has 29 heavy (non-hydrogen) atoms. The van der Waals surface area contributed by atoms with E-state index in [4.69, 9.17) is 9.47 Å². The lowest BCUT2D eigenvalue weighted by Crippen LogP contribution is -2.39. The van der Waals surface area contributed by atoms with E-state index in [2.05, 4.69) is 0 Å². The molecule has 0 saturated heterocycles. The highest BCUT2D eigenvalue weighted by Gasteiger charge is 2.77. The number of ether oxygens (including phenoxy) is 2. The smallest absolute Gasteiger partial charge is 0.334 e. The highest BCUT2D eigenvalue weighted by molar-refractivity contribution is 6.06. The zero-order valence-corrected chi connectivity index (χ0v) is 16.2. The molecular formula is C23H21NO5. The zero-order valence-electron chi connectivity index (χ0n) is 16.2. The van der Waals surface area contributed by atoms with Gasteiger partial charge in [0, 0.05) is 24.1 Å². The molecule has 0 bridgehead atoms. The molecule has 2 aromatic rings. The molecule has 6 nitrogen and oxygen atoms in total. The number of rotatable bonds is 5. The molecule has 2 aromatic carbocycles. The van der Waals surface area contributed by atoms with Crippen molar-refractivity contribution in [2.24, 2.45) is 5.92 Å². The molecule has 6 heteroatoms. The van der Waals surface area contributed by atoms with Crippen molar-refractivity contribution in [3.63, 3.8) is 0 Å². The van der Waals surface area contributed by atoms with Crippen LogP contribution in [0.15, 0.2) is 72.3 Å². The van der Waals surface area contributed by atoms with Crippen molar-refractivity contribution in [3.05, 3.63) is 83.4 Å². The summed E-state index contributed by atoms with van der Waals surface area (Å²) < 4.78 is 10.1. The van der Waals surface area contributed by atoms with E-state index in [0.29, 0.717) is 12.1 Å². The Morgan fingerprint density at radius 3 is 2.17 bits per heavy atom. The van der Waals surface area contributed by atoms with Crippen LogP contribution in [0.3, 0.4) is 0 Å². The molecule has 1 amide bonds. The summed E-state index contributed by atoms with van der Waals surface area (Å²) in [5.74, 6) is -1.92. The van der Waals surface area contributed by atoms with E-state index in [1.165, 1.54) is 20.3 Å². The fourth-order valence-corrected chi connectivity index (χ4v) is 4.51. The molecule has 1 fully saturated rings. The van der Waals surface area contributed by atoms with E-state index in [9.17, 15) is 14.4 Å². The molecule has 4 rings (SSSR count). The van der Waals surface area contributed by atoms with Crippen LogP contribution >= 0.6 is 0 Å². The van der Waals surface area contributed by atoms with Gasteiger partial charge in [-0.05, 0) is 11.1 Å². The molecule has 0 N–H and O–H groups in total. The van der Waals surface area contributed by atoms with E-state index >= 15 is 0 Å². The van der Waals surface area contributed by atoms with Gasteiger partial charge < -0.3 is 14.4 Å². The van der Waals surface area contributed by atoms with Crippen molar-refractivity contribution in [2.45, 2.75) is 18.0 Å². The average Bonchev–Trinajstić information content (AvgIpc) is 3.46. The van der Waals surface area contributed by atoms with E-state index < -0.39 is 29.3 Å². The summed E-state index contributed by atoms with van der Waals surface area (Å²) in [6.45, 7) is 0.331. The molecule has 3 unspecified atom stereocenters. The first-order valence-corrected chi connectivity index (χ1v) is 9.34. The molecule has 1 aliphatic heterocycles. The number of methoxy groups -OCH3 is 2. The van der Waals surface area contributed by atoms with Crippen LogP contribution in [-0.2, 0) is 35.8 Å². The SMILES string of the molecule is COC(=O)C1=CC(=O)N(Cc2ccccc2)C2C1C2(C(=O)OC)c1ccccc1. The summed E-state index contributed by atoms with van der Waals surface area (Å²) in [4.78, 5) is 40.2. The van der Waals surface area contributed by atoms with Crippen molar-refractivity contribution in [3.8, 4) is 0 Å². The fraction of sp³-hybridized carbons (Fsp3) is 0.261. The molecule has 148 valence electrons. The van der Waals surface area contributed by atoms with Crippen LogP contribution in [0.1, 0.15) is 11.1 Å². The van der Waals surface area contributed by atoms with E-state index in [-0.39, 0.29) is 11.5 Å². The topological polar surface area (TPSA) is 72.9 Å². The highest BCUT2D eigenvalue weighted by atomic mass is 16.5. The van der Waals surface area contributed by atoms with Crippen LogP contribution in [0, 0.1) is 5.92 Å². The van der Waals surface area contributed by atoms with Crippen LogP contribution in [-0.4, -0.2) is 43.0 Å². The van der Waals surface area contributed by atoms with Gasteiger partial charge in [-0.15, -0.1) is 0 Å². The minimum absolute atomic E-state index is 0.209. The second-order valence-corrected chi connectivity index (χ2v) is 7.19. The minimum atomic E-state index is -1.14. The number of benzene rings is 2. The van der Waals surface area contributed by atoms with Gasteiger partial charge in [-0.1, -0.05) is 60.7 Å². The van der Waals surface area contributed by atoms with Gasteiger partial charge in [0.05, 0.1) is 20.3 Å². The molecular weight excluding hydrogens is 370 g/mol. The zero-order chi connectivity index (χ0) is 20.6. The lowest BCUT2D eigenvalue weighted by atomic mass is 9.90. The van der Waals surface area contributed by atoms with E-state index in [0.717, 1.165) is 5.56 Å². The Balaban J connectivity index is 1.85. The maximum absolute atomic E-state index is 13.1. The number of hydrogen-bond acceptors (Lipinski definition) is 5. The minimum Gasteiger partial charge on any atom is -0.468 e. The van der Waals surface area contributed by atoms with Crippen molar-refractivity contribution >= 4 is 17.8 Å². The number of amides is 1. The lowest BCUT2D eigenvalue weighted by molar-refractivity contribution is -0.144. The second-order valence-electron chi connectivity index (χ2n) is 7.19. The Morgan fingerprint density at radius 1 is 0.966 bits per heavy atom. The number of nitrogens with zero attached hydrogens (tertiary/aromatic N) is 1. The summed E-state index contributed by atoms with van der Waals surface area (Å²) >= 11 is 0. The third-order valence-corrected chi connectivity index (χ3v) is 5.79. The summed E-state index contributed by atoms with van der Waals surface area (Å²) in [5.41, 5.74) is 0.718. The number of fused-ring (bicyclic) bond motifs is 1. The Labute approximate surface area is 168 Å². The molecule has 1 aliphatic carbocycles. The van der Waals surface area contributed by atoms with Crippen LogP contribution in [0.4, 0.5) is 0 Å². The Morgan fingerprint density at radius 2 is 1.59 bits per heavy atom. The molecule has 1 saturated carbocycles. The first-order valence-electron chi connectivity index (χ1n) is 9.34. The number of esters is 2. The van der Waals surface area contributed by atoms with Crippen LogP contribution < -0.4 is 0 Å². The van der Waals surface area contributed by atoms with Gasteiger partial charge in [0.2, 0.25) is 5.91 Å². The summed E-state index contributed by atoms with van der Waals surface area (Å²) in [6, 6.07) is 18.2. The lowest BCUT2D eigenvalue weighted by Gasteiger charge is -2.26. The maximum Gasteiger partial charge on any atom is 0.334 e. The Hall–Kier alpha value is -3.41. The highest BCUT2D eigenvalue weighted by Crippen LogP contribution is 2.63. The van der Waals surface area contributed by atoms with Crippen LogP contribution in [0.2, 0.25) is 0 Å². The van der Waals surface area contributed by atoms with E-state index in [1.807, 2.05) is 60.7 Å². The first-order chi connectivity index (χ1) is 14.1. The molecule has 3 atom stereocenters. The predicted octanol–water partition coefficient (Wildman–Crippen LogP) is 2.24. The summed E-state index contributed by atoms with van der Waals surface area (Å²) in [6.07, 6.45) is 1.30. The number of hydrogen-bond donors (Lipinski definition) is 0. The van der Waals surface area contributed by atoms with Gasteiger partial charge in [-0.3, -0.25) is 9.59 Å². The molecule has 1 heterocycles. The predicted molar refractivity (Wildman–Crippen MR) is 105 cm³/mol. The Bertz CT molecular complexity index is 985. The van der Waals surface area contributed by atoms with Gasteiger partial charge in [0.25, 0.3) is 0 Å². The third-order valence-electron chi connectivity index (χ3n) is 5.79. The van der Waals surface area contributed by atoms with Crippen molar-refractivity contribution in [1.82, 2.24) is 4.90 Å². The first kappa shape index (κ1) is 18.9. The fourth-order valence-electron chi connectivity index (χ4n) is 4.51. The molecule has 0 radical (unpaired) electrons. The summed E-state index contributed by atoms with van der Waals surface area (Å²) in [5, 5.41) is 0. The van der Waals surface area contributed by atoms with Gasteiger partial charge in [0.1, 0.15) is 5.41 Å². The quantitative estimate of drug-likeness (QED) is 0.731. The van der Waals surface area contributed by atoms with Crippen molar-refractivity contribution in [2.75, 3.05) is 14.2 Å². The average molecular weight is 391 g/mol. The van der Waals surface area contributed by atoms with Crippen molar-refractivity contribution in [1.29, 1.82) is 0 Å². The van der Waals surface area contributed by atoms with Crippen LogP contribution in [0.5, 0.6) is 0 Å². The largest absolute Gasteiger partial charge is 0.468 e. The molecule has 0 aromatic heterocycles. The number of carbonyl (C=O) groups is 3. The van der Waals surface area contributed by atoms with Gasteiger partial charge in [0.15, 0.2) is 0 Å². The van der Waals surface area contributed by atoms with Gasteiger partial charge in [-0.25, -0.2) is 4.79 Å². The second kappa shape index (κ2) is 7.20. The monoisotopic (exact) mass is 391 g/mol. The van der Waals surface area contributed by atoms with E-state index in [1.54, 1.807) is 4.90 Å². The number of carbonyl (C=O) groups excluding carboxylic acids is 3. The normalized spacial score (nSPS) is 25.0. The maximum atomic E-state index is 13.1. The Kier molecular flexibility index (Phi) is 4.70. The summed E-state index contributed by atoms with van der Waals surface area (Å²) in [7, 11) is 2.59. The molecule has 2 aliphatic rings.